The van der Waals surface area contributed by atoms with E-state index in [-0.39, 0.29) is 18.4 Å². The number of piperidine rings is 1. The summed E-state index contributed by atoms with van der Waals surface area (Å²) in [5.41, 5.74) is 0. The Bertz CT molecular complexity index is 601. The summed E-state index contributed by atoms with van der Waals surface area (Å²) in [5.74, 6) is 0.116. The first-order chi connectivity index (χ1) is 12.2. The largest absolute Gasteiger partial charge is 0.467 e. The fraction of sp³-hybridized carbons (Fsp3) is 0.800. The second-order valence-electron chi connectivity index (χ2n) is 6.26. The van der Waals surface area contributed by atoms with Gasteiger partial charge < -0.3 is 14.4 Å². The quantitative estimate of drug-likeness (QED) is 0.626. The number of nitrogens with zero attached hydrogens (tertiary/aromatic N) is 6. The standard InChI is InChI=1S/C15H24N6O4/c1-24-15(23)12-4-2-3-5-20(12)14(22)11-21-13(16-17-18-21)10-19-6-8-25-9-7-19/h12H,2-11H2,1H3. The zero-order valence-corrected chi connectivity index (χ0v) is 14.5. The van der Waals surface area contributed by atoms with E-state index >= 15 is 0 Å². The molecule has 0 spiro atoms. The summed E-state index contributed by atoms with van der Waals surface area (Å²) in [5, 5.41) is 11.7. The number of hydrogen-bond donors (Lipinski definition) is 0. The minimum atomic E-state index is -0.509. The van der Waals surface area contributed by atoms with Gasteiger partial charge in [-0.05, 0) is 29.7 Å². The van der Waals surface area contributed by atoms with Gasteiger partial charge in [0.2, 0.25) is 5.91 Å². The minimum absolute atomic E-state index is 0.0279. The second kappa shape index (κ2) is 8.34. The Hall–Kier alpha value is -2.07. The Morgan fingerprint density at radius 1 is 1.24 bits per heavy atom. The van der Waals surface area contributed by atoms with Gasteiger partial charge in [-0.25, -0.2) is 9.48 Å². The van der Waals surface area contributed by atoms with Gasteiger partial charge in [-0.3, -0.25) is 9.69 Å². The molecule has 3 rings (SSSR count). The lowest BCUT2D eigenvalue weighted by molar-refractivity contribution is -0.155. The van der Waals surface area contributed by atoms with Gasteiger partial charge in [-0.1, -0.05) is 0 Å². The molecule has 0 N–H and O–H groups in total. The highest BCUT2D eigenvalue weighted by Crippen LogP contribution is 2.19. The van der Waals surface area contributed by atoms with E-state index in [1.54, 1.807) is 4.90 Å². The van der Waals surface area contributed by atoms with Gasteiger partial charge in [0.1, 0.15) is 12.6 Å². The molecule has 2 fully saturated rings. The predicted octanol–water partition coefficient (Wildman–Crippen LogP) is -0.941. The minimum Gasteiger partial charge on any atom is -0.467 e. The molecular weight excluding hydrogens is 328 g/mol. The van der Waals surface area contributed by atoms with Crippen molar-refractivity contribution in [3.63, 3.8) is 0 Å². The lowest BCUT2D eigenvalue weighted by Crippen LogP contribution is -2.49. The maximum absolute atomic E-state index is 12.7. The zero-order valence-electron chi connectivity index (χ0n) is 14.5. The molecule has 10 heteroatoms. The van der Waals surface area contributed by atoms with E-state index in [0.29, 0.717) is 38.5 Å². The van der Waals surface area contributed by atoms with E-state index in [9.17, 15) is 9.59 Å². The van der Waals surface area contributed by atoms with Crippen LogP contribution in [0.15, 0.2) is 0 Å². The van der Waals surface area contributed by atoms with E-state index in [1.807, 2.05) is 0 Å². The van der Waals surface area contributed by atoms with Crippen LogP contribution in [0.1, 0.15) is 25.1 Å². The van der Waals surface area contributed by atoms with Crippen LogP contribution < -0.4 is 0 Å². The van der Waals surface area contributed by atoms with E-state index in [4.69, 9.17) is 9.47 Å². The molecule has 2 aliphatic rings. The summed E-state index contributed by atoms with van der Waals surface area (Å²) < 4.78 is 11.7. The Kier molecular flexibility index (Phi) is 5.92. The molecule has 3 heterocycles. The van der Waals surface area contributed by atoms with E-state index in [0.717, 1.165) is 25.9 Å². The summed E-state index contributed by atoms with van der Waals surface area (Å²) in [6, 6.07) is -0.509. The van der Waals surface area contributed by atoms with Crippen molar-refractivity contribution < 1.29 is 19.1 Å². The van der Waals surface area contributed by atoms with Crippen molar-refractivity contribution in [2.45, 2.75) is 38.4 Å². The van der Waals surface area contributed by atoms with E-state index in [1.165, 1.54) is 11.8 Å². The Balaban J connectivity index is 1.64. The van der Waals surface area contributed by atoms with Crippen LogP contribution in [0.4, 0.5) is 0 Å². The van der Waals surface area contributed by atoms with Crippen LogP contribution in [0, 0.1) is 0 Å². The highest BCUT2D eigenvalue weighted by atomic mass is 16.5. The molecule has 2 aliphatic heterocycles. The van der Waals surface area contributed by atoms with Gasteiger partial charge in [0.15, 0.2) is 5.82 Å². The number of amides is 1. The van der Waals surface area contributed by atoms with Gasteiger partial charge in [0, 0.05) is 19.6 Å². The molecule has 1 atom stereocenters. The van der Waals surface area contributed by atoms with Crippen LogP contribution in [0.3, 0.4) is 0 Å². The number of carbonyl (C=O) groups is 2. The average Bonchev–Trinajstić information content (AvgIpc) is 3.08. The Morgan fingerprint density at radius 3 is 2.80 bits per heavy atom. The molecule has 10 nitrogen and oxygen atoms in total. The number of aromatic nitrogens is 4. The molecule has 25 heavy (non-hydrogen) atoms. The van der Waals surface area contributed by atoms with Crippen molar-refractivity contribution in [1.82, 2.24) is 30.0 Å². The monoisotopic (exact) mass is 352 g/mol. The SMILES string of the molecule is COC(=O)C1CCCCN1C(=O)Cn1nnnc1CN1CCOCC1. The molecule has 0 bridgehead atoms. The van der Waals surface area contributed by atoms with Crippen LogP contribution in [-0.2, 0) is 32.2 Å². The van der Waals surface area contributed by atoms with E-state index in [2.05, 4.69) is 20.4 Å². The molecule has 0 aliphatic carbocycles. The van der Waals surface area contributed by atoms with Crippen molar-refractivity contribution in [3.05, 3.63) is 5.82 Å². The molecular formula is C15H24N6O4. The predicted molar refractivity (Wildman–Crippen MR) is 85.3 cm³/mol. The summed E-state index contributed by atoms with van der Waals surface area (Å²) in [4.78, 5) is 28.4. The summed E-state index contributed by atoms with van der Waals surface area (Å²) in [6.07, 6.45) is 2.43. The average molecular weight is 352 g/mol. The summed E-state index contributed by atoms with van der Waals surface area (Å²) >= 11 is 0. The van der Waals surface area contributed by atoms with Crippen LogP contribution in [-0.4, -0.2) is 87.9 Å². The number of esters is 1. The third-order valence-electron chi connectivity index (χ3n) is 4.66. The molecule has 1 aromatic rings. The molecule has 0 saturated carbocycles. The number of morpholine rings is 1. The third kappa shape index (κ3) is 4.31. The highest BCUT2D eigenvalue weighted by molar-refractivity contribution is 5.84. The maximum Gasteiger partial charge on any atom is 0.328 e. The molecule has 138 valence electrons. The number of hydrogen-bond acceptors (Lipinski definition) is 8. The van der Waals surface area contributed by atoms with Crippen molar-refractivity contribution in [2.75, 3.05) is 40.0 Å². The Labute approximate surface area is 146 Å². The van der Waals surface area contributed by atoms with Crippen LogP contribution in [0.25, 0.3) is 0 Å². The first-order valence-electron chi connectivity index (χ1n) is 8.61. The number of likely N-dealkylation sites (tertiary alicyclic amines) is 1. The van der Waals surface area contributed by atoms with Crippen LogP contribution in [0.2, 0.25) is 0 Å². The first kappa shape index (κ1) is 17.7. The van der Waals surface area contributed by atoms with Crippen LogP contribution in [0.5, 0.6) is 0 Å². The molecule has 2 saturated heterocycles. The highest BCUT2D eigenvalue weighted by Gasteiger charge is 2.33. The topological polar surface area (TPSA) is 103 Å². The maximum atomic E-state index is 12.7. The Morgan fingerprint density at radius 2 is 2.04 bits per heavy atom. The van der Waals surface area contributed by atoms with Gasteiger partial charge in [0.25, 0.3) is 0 Å². The number of rotatable bonds is 5. The first-order valence-corrected chi connectivity index (χ1v) is 8.61. The summed E-state index contributed by atoms with van der Waals surface area (Å²) in [6.45, 7) is 4.17. The van der Waals surface area contributed by atoms with Crippen molar-refractivity contribution in [2.24, 2.45) is 0 Å². The van der Waals surface area contributed by atoms with Gasteiger partial charge in [0.05, 0.1) is 26.9 Å². The number of methoxy groups -OCH3 is 1. The molecule has 0 aromatic carbocycles. The number of ether oxygens (including phenoxy) is 2. The number of carbonyl (C=O) groups excluding carboxylic acids is 2. The van der Waals surface area contributed by atoms with Crippen molar-refractivity contribution >= 4 is 11.9 Å². The second-order valence-corrected chi connectivity index (χ2v) is 6.26. The van der Waals surface area contributed by atoms with Crippen LogP contribution >= 0.6 is 0 Å². The molecule has 1 unspecified atom stereocenters. The normalized spacial score (nSPS) is 22.0. The zero-order chi connectivity index (χ0) is 17.6. The molecule has 0 radical (unpaired) electrons. The smallest absolute Gasteiger partial charge is 0.328 e. The van der Waals surface area contributed by atoms with Crippen molar-refractivity contribution in [3.8, 4) is 0 Å². The fourth-order valence-electron chi connectivity index (χ4n) is 3.25. The molecule has 1 aromatic heterocycles. The van der Waals surface area contributed by atoms with E-state index < -0.39 is 6.04 Å². The fourth-order valence-corrected chi connectivity index (χ4v) is 3.25. The molecule has 1 amide bonds. The van der Waals surface area contributed by atoms with Gasteiger partial charge >= 0.3 is 5.97 Å². The van der Waals surface area contributed by atoms with Crippen molar-refractivity contribution in [1.29, 1.82) is 0 Å². The third-order valence-corrected chi connectivity index (χ3v) is 4.66. The van der Waals surface area contributed by atoms with Gasteiger partial charge in [-0.2, -0.15) is 0 Å². The lowest BCUT2D eigenvalue weighted by atomic mass is 10.0. The lowest BCUT2D eigenvalue weighted by Gasteiger charge is -2.33. The number of tetrazole rings is 1. The van der Waals surface area contributed by atoms with Gasteiger partial charge in [-0.15, -0.1) is 5.10 Å². The summed E-state index contributed by atoms with van der Waals surface area (Å²) in [7, 11) is 1.35.